The van der Waals surface area contributed by atoms with E-state index >= 15 is 0 Å². The van der Waals surface area contributed by atoms with E-state index in [0.717, 1.165) is 0 Å². The maximum absolute atomic E-state index is 13.5. The zero-order chi connectivity index (χ0) is 34.1. The molecule has 5 rings (SSSR count). The molecule has 5 atom stereocenters. The number of esters is 4. The van der Waals surface area contributed by atoms with Gasteiger partial charge in [-0.25, -0.2) is 19.2 Å². The van der Waals surface area contributed by atoms with E-state index in [1.165, 1.54) is 48.5 Å². The first-order valence-corrected chi connectivity index (χ1v) is 13.9. The average Bonchev–Trinajstić information content (AvgIpc) is 3.10. The van der Waals surface area contributed by atoms with Crippen LogP contribution < -0.4 is 0 Å². The molecule has 230 valence electrons. The summed E-state index contributed by atoms with van der Waals surface area (Å²) in [6.07, 6.45) is -8.51. The van der Waals surface area contributed by atoms with Crippen LogP contribution in [-0.4, -0.2) is 68.2 Å². The van der Waals surface area contributed by atoms with E-state index in [1.54, 1.807) is 72.8 Å². The van der Waals surface area contributed by atoms with E-state index in [0.29, 0.717) is 0 Å². The van der Waals surface area contributed by atoms with Gasteiger partial charge >= 0.3 is 23.9 Å². The van der Waals surface area contributed by atoms with Crippen molar-refractivity contribution in [2.75, 3.05) is 13.6 Å². The van der Waals surface area contributed by atoms with E-state index in [4.69, 9.17) is 32.5 Å². The lowest BCUT2D eigenvalue weighted by Gasteiger charge is -2.44. The first-order chi connectivity index (χ1) is 23.1. The molecule has 0 amide bonds. The van der Waals surface area contributed by atoms with Crippen LogP contribution >= 0.6 is 0 Å². The standard InChI is InChI=1S/C35H30O10/c1-40-35-30(45-34(39)26-20-12-5-13-21-26)29(44-33(38)25-18-10-4-11-19-25)28(43-32(37)24-16-8-3-9-17-24)27(42-35)22-41-31(36)23-14-6-2-7-15-23/h2-21,27-30,35H,22H2,1H3/t27-,28-,29+,30+,35+/m1/s1/i1D3. The molecule has 1 aliphatic heterocycles. The Bertz CT molecular complexity index is 1690. The molecule has 0 bridgehead atoms. The Morgan fingerprint density at radius 3 is 1.36 bits per heavy atom. The van der Waals surface area contributed by atoms with Gasteiger partial charge in [0.1, 0.15) is 12.7 Å². The van der Waals surface area contributed by atoms with Crippen molar-refractivity contribution in [1.82, 2.24) is 0 Å². The minimum Gasteiger partial charge on any atom is -0.459 e. The van der Waals surface area contributed by atoms with E-state index < -0.39 is 68.2 Å². The van der Waals surface area contributed by atoms with Crippen molar-refractivity contribution in [1.29, 1.82) is 0 Å². The fourth-order valence-electron chi connectivity index (χ4n) is 4.62. The van der Waals surface area contributed by atoms with Crippen LogP contribution in [-0.2, 0) is 28.4 Å². The molecule has 0 aromatic heterocycles. The number of rotatable bonds is 10. The number of ether oxygens (including phenoxy) is 6. The minimum atomic E-state index is -3.10. The first kappa shape index (κ1) is 27.2. The Morgan fingerprint density at radius 2 is 0.933 bits per heavy atom. The van der Waals surface area contributed by atoms with Gasteiger partial charge in [0.05, 0.1) is 26.4 Å². The smallest absolute Gasteiger partial charge is 0.338 e. The van der Waals surface area contributed by atoms with E-state index in [9.17, 15) is 19.2 Å². The van der Waals surface area contributed by atoms with Crippen molar-refractivity contribution in [3.05, 3.63) is 144 Å². The molecular weight excluding hydrogens is 580 g/mol. The van der Waals surface area contributed by atoms with E-state index in [2.05, 4.69) is 0 Å². The summed E-state index contributed by atoms with van der Waals surface area (Å²) in [5.41, 5.74) is 0.480. The van der Waals surface area contributed by atoms with Crippen LogP contribution in [0.1, 0.15) is 45.5 Å². The zero-order valence-corrected chi connectivity index (χ0v) is 23.7. The van der Waals surface area contributed by atoms with Crippen molar-refractivity contribution in [3.63, 3.8) is 0 Å². The number of carbonyl (C=O) groups excluding carboxylic acids is 4. The third-order valence-corrected chi connectivity index (χ3v) is 6.85. The zero-order valence-electron chi connectivity index (χ0n) is 26.7. The summed E-state index contributed by atoms with van der Waals surface area (Å²) in [6.45, 7) is -0.611. The fraction of sp³-hybridized carbons (Fsp3) is 0.200. The third kappa shape index (κ3) is 7.80. The quantitative estimate of drug-likeness (QED) is 0.180. The molecule has 45 heavy (non-hydrogen) atoms. The summed E-state index contributed by atoms with van der Waals surface area (Å²) in [5.74, 6) is -3.51. The monoisotopic (exact) mass is 613 g/mol. The van der Waals surface area contributed by atoms with Gasteiger partial charge in [-0.1, -0.05) is 72.8 Å². The lowest BCUT2D eigenvalue weighted by molar-refractivity contribution is -0.291. The molecule has 4 aromatic rings. The second-order valence-corrected chi connectivity index (χ2v) is 9.83. The first-order valence-electron chi connectivity index (χ1n) is 15.4. The summed E-state index contributed by atoms with van der Waals surface area (Å²) < 4.78 is 57.5. The van der Waals surface area contributed by atoms with Crippen LogP contribution in [0.3, 0.4) is 0 Å². The molecule has 10 heteroatoms. The molecule has 0 spiro atoms. The highest BCUT2D eigenvalue weighted by Crippen LogP contribution is 2.31. The van der Waals surface area contributed by atoms with Gasteiger partial charge in [-0.3, -0.25) is 0 Å². The van der Waals surface area contributed by atoms with Gasteiger partial charge in [0, 0.05) is 7.04 Å². The molecule has 0 aliphatic carbocycles. The Hall–Kier alpha value is -5.32. The minimum absolute atomic E-state index is 0.0787. The highest BCUT2D eigenvalue weighted by atomic mass is 16.7. The molecule has 1 aliphatic rings. The summed E-state index contributed by atoms with van der Waals surface area (Å²) in [7, 11) is -3.10. The highest BCUT2D eigenvalue weighted by molar-refractivity contribution is 5.91. The predicted octanol–water partition coefficient (Wildman–Crippen LogP) is 4.89. The second-order valence-electron chi connectivity index (χ2n) is 9.83. The summed E-state index contributed by atoms with van der Waals surface area (Å²) in [4.78, 5) is 53.1. The number of methoxy groups -OCH3 is 1. The maximum Gasteiger partial charge on any atom is 0.338 e. The molecule has 1 saturated heterocycles. The lowest BCUT2D eigenvalue weighted by atomic mass is 9.97. The molecule has 0 unspecified atom stereocenters. The van der Waals surface area contributed by atoms with Crippen molar-refractivity contribution in [2.24, 2.45) is 0 Å². The Labute approximate surface area is 263 Å². The molecule has 1 fully saturated rings. The van der Waals surface area contributed by atoms with Gasteiger partial charge in [-0.05, 0) is 48.5 Å². The molecule has 4 aromatic carbocycles. The molecular formula is C35H30O10. The normalized spacial score (nSPS) is 22.0. The molecule has 1 heterocycles. The van der Waals surface area contributed by atoms with Gasteiger partial charge in [-0.2, -0.15) is 0 Å². The summed E-state index contributed by atoms with van der Waals surface area (Å²) >= 11 is 0. The Morgan fingerprint density at radius 1 is 0.556 bits per heavy atom. The van der Waals surface area contributed by atoms with Crippen LogP contribution in [0, 0.1) is 0 Å². The van der Waals surface area contributed by atoms with Crippen LogP contribution in [0.2, 0.25) is 0 Å². The van der Waals surface area contributed by atoms with Crippen molar-refractivity contribution in [2.45, 2.75) is 30.7 Å². The topological polar surface area (TPSA) is 124 Å². The number of hydrogen-bond acceptors (Lipinski definition) is 10. The highest BCUT2D eigenvalue weighted by Gasteiger charge is 2.53. The van der Waals surface area contributed by atoms with Crippen LogP contribution in [0.5, 0.6) is 0 Å². The molecule has 0 saturated carbocycles. The van der Waals surface area contributed by atoms with E-state index in [1.807, 2.05) is 0 Å². The van der Waals surface area contributed by atoms with Crippen molar-refractivity contribution < 1.29 is 51.7 Å². The number of benzene rings is 4. The fourth-order valence-corrected chi connectivity index (χ4v) is 4.62. The number of carbonyl (C=O) groups is 4. The number of hydrogen-bond donors (Lipinski definition) is 0. The SMILES string of the molecule is [2H]C([2H])([2H])O[C@H]1O[C@H](COC(=O)c2ccccc2)[C@@H](OC(=O)c2ccccc2)[C@H](OC(=O)c2ccccc2)[C@@H]1OC(=O)c1ccccc1. The molecule has 0 radical (unpaired) electrons. The maximum atomic E-state index is 13.5. The van der Waals surface area contributed by atoms with Gasteiger partial charge in [0.25, 0.3) is 0 Å². The largest absolute Gasteiger partial charge is 0.459 e. The van der Waals surface area contributed by atoms with Crippen LogP contribution in [0.25, 0.3) is 0 Å². The lowest BCUT2D eigenvalue weighted by Crippen LogP contribution is -2.63. The molecule has 10 nitrogen and oxygen atoms in total. The van der Waals surface area contributed by atoms with Gasteiger partial charge in [-0.15, -0.1) is 0 Å². The average molecular weight is 614 g/mol. The van der Waals surface area contributed by atoms with Gasteiger partial charge in [0.2, 0.25) is 0 Å². The second kappa shape index (κ2) is 14.9. The summed E-state index contributed by atoms with van der Waals surface area (Å²) in [5, 5.41) is 0. The molecule has 0 N–H and O–H groups in total. The van der Waals surface area contributed by atoms with Crippen LogP contribution in [0.4, 0.5) is 0 Å². The van der Waals surface area contributed by atoms with Gasteiger partial charge < -0.3 is 28.4 Å². The third-order valence-electron chi connectivity index (χ3n) is 6.85. The Kier molecular flexibility index (Phi) is 9.03. The summed E-state index contributed by atoms with van der Waals surface area (Å²) in [6, 6.07) is 31.4. The van der Waals surface area contributed by atoms with Crippen molar-refractivity contribution >= 4 is 23.9 Å². The van der Waals surface area contributed by atoms with Crippen molar-refractivity contribution in [3.8, 4) is 0 Å². The van der Waals surface area contributed by atoms with Gasteiger partial charge in [0.15, 0.2) is 24.6 Å². The van der Waals surface area contributed by atoms with Crippen LogP contribution in [0.15, 0.2) is 121 Å². The predicted molar refractivity (Wildman–Crippen MR) is 159 cm³/mol. The van der Waals surface area contributed by atoms with E-state index in [-0.39, 0.29) is 22.3 Å². The Balaban J connectivity index is 1.56.